The number of carbonyl (C=O) groups excluding carboxylic acids is 2. The smallest absolute Gasteiger partial charge is 0.343 e. The second-order valence-corrected chi connectivity index (χ2v) is 7.35. The number of esters is 1. The third-order valence-corrected chi connectivity index (χ3v) is 4.79. The molecule has 33 heavy (non-hydrogen) atoms. The zero-order chi connectivity index (χ0) is 23.8. The third-order valence-electron chi connectivity index (χ3n) is 4.36. The number of aromatic nitrogens is 1. The fourth-order valence-electron chi connectivity index (χ4n) is 2.80. The van der Waals surface area contributed by atoms with E-state index in [4.69, 9.17) is 18.9 Å². The highest BCUT2D eigenvalue weighted by atomic mass is 79.9. The number of hydrazone groups is 1. The minimum absolute atomic E-state index is 0.201. The molecule has 2 aromatic carbocycles. The molecule has 0 atom stereocenters. The molecule has 0 radical (unpaired) electrons. The van der Waals surface area contributed by atoms with E-state index in [1.807, 2.05) is 0 Å². The summed E-state index contributed by atoms with van der Waals surface area (Å²) in [5.41, 5.74) is 3.43. The number of amides is 1. The highest BCUT2D eigenvalue weighted by molar-refractivity contribution is 9.10. The molecule has 0 saturated heterocycles. The van der Waals surface area contributed by atoms with E-state index in [0.717, 1.165) is 0 Å². The first-order valence-electron chi connectivity index (χ1n) is 9.52. The van der Waals surface area contributed by atoms with Gasteiger partial charge in [-0.05, 0) is 46.3 Å². The molecule has 1 aromatic heterocycles. The largest absolute Gasteiger partial charge is 0.493 e. The van der Waals surface area contributed by atoms with Crippen molar-refractivity contribution >= 4 is 34.0 Å². The number of para-hydroxylation sites is 1. The first-order valence-corrected chi connectivity index (χ1v) is 10.3. The zero-order valence-corrected chi connectivity index (χ0v) is 19.6. The summed E-state index contributed by atoms with van der Waals surface area (Å²) < 4.78 is 22.1. The highest BCUT2D eigenvalue weighted by Gasteiger charge is 2.19. The van der Waals surface area contributed by atoms with Crippen LogP contribution in [0.5, 0.6) is 23.0 Å². The Hall–Kier alpha value is -3.92. The minimum Gasteiger partial charge on any atom is -0.493 e. The zero-order valence-electron chi connectivity index (χ0n) is 18.0. The van der Waals surface area contributed by atoms with Gasteiger partial charge in [-0.2, -0.15) is 5.10 Å². The summed E-state index contributed by atoms with van der Waals surface area (Å²) in [5, 5.41) is 3.95. The summed E-state index contributed by atoms with van der Waals surface area (Å²) in [5.74, 6) is 0.178. The van der Waals surface area contributed by atoms with Crippen molar-refractivity contribution in [2.45, 2.75) is 0 Å². The molecule has 3 aromatic rings. The lowest BCUT2D eigenvalue weighted by atomic mass is 10.1. The molecular formula is C23H20BrN3O6. The predicted molar refractivity (Wildman–Crippen MR) is 124 cm³/mol. The van der Waals surface area contributed by atoms with Gasteiger partial charge >= 0.3 is 5.97 Å². The Morgan fingerprint density at radius 1 is 0.939 bits per heavy atom. The number of carbonyl (C=O) groups is 2. The summed E-state index contributed by atoms with van der Waals surface area (Å²) >= 11 is 3.26. The van der Waals surface area contributed by atoms with Crippen LogP contribution in [0, 0.1) is 0 Å². The molecular weight excluding hydrogens is 494 g/mol. The van der Waals surface area contributed by atoms with Gasteiger partial charge < -0.3 is 18.9 Å². The van der Waals surface area contributed by atoms with Crippen molar-refractivity contribution < 1.29 is 28.5 Å². The highest BCUT2D eigenvalue weighted by Crippen LogP contribution is 2.38. The number of ether oxygens (including phenoxy) is 4. The van der Waals surface area contributed by atoms with Crippen LogP contribution in [0.2, 0.25) is 0 Å². The summed E-state index contributed by atoms with van der Waals surface area (Å²) in [6, 6.07) is 11.4. The molecule has 10 heteroatoms. The first kappa shape index (κ1) is 23.7. The average Bonchev–Trinajstić information content (AvgIpc) is 2.83. The summed E-state index contributed by atoms with van der Waals surface area (Å²) in [4.78, 5) is 28.9. The number of methoxy groups -OCH3 is 3. The Morgan fingerprint density at radius 2 is 1.64 bits per heavy atom. The molecule has 0 aliphatic carbocycles. The van der Waals surface area contributed by atoms with Crippen molar-refractivity contribution in [1.29, 1.82) is 0 Å². The molecule has 0 bridgehead atoms. The van der Waals surface area contributed by atoms with Crippen molar-refractivity contribution in [1.82, 2.24) is 10.4 Å². The van der Waals surface area contributed by atoms with Crippen LogP contribution >= 0.6 is 15.9 Å². The van der Waals surface area contributed by atoms with Crippen molar-refractivity contribution in [2.24, 2.45) is 5.10 Å². The van der Waals surface area contributed by atoms with Crippen LogP contribution in [-0.4, -0.2) is 44.4 Å². The molecule has 0 unspecified atom stereocenters. The van der Waals surface area contributed by atoms with Gasteiger partial charge in [0.1, 0.15) is 5.75 Å². The molecule has 9 nitrogen and oxygen atoms in total. The Morgan fingerprint density at radius 3 is 2.27 bits per heavy atom. The van der Waals surface area contributed by atoms with Crippen LogP contribution in [-0.2, 0) is 0 Å². The van der Waals surface area contributed by atoms with Crippen molar-refractivity contribution in [3.8, 4) is 23.0 Å². The molecule has 0 aliphatic heterocycles. The van der Waals surface area contributed by atoms with Crippen LogP contribution in [0.1, 0.15) is 26.3 Å². The Balaban J connectivity index is 1.77. The molecule has 170 valence electrons. The number of nitrogens with one attached hydrogen (secondary N) is 1. The van der Waals surface area contributed by atoms with Crippen molar-refractivity contribution in [2.75, 3.05) is 21.3 Å². The maximum Gasteiger partial charge on any atom is 0.343 e. The van der Waals surface area contributed by atoms with Gasteiger partial charge in [-0.1, -0.05) is 12.1 Å². The Kier molecular flexibility index (Phi) is 7.98. The van der Waals surface area contributed by atoms with Gasteiger partial charge in [0, 0.05) is 22.4 Å². The number of nitrogens with zero attached hydrogens (tertiary/aromatic N) is 2. The lowest BCUT2D eigenvalue weighted by molar-refractivity contribution is 0.0733. The molecule has 0 saturated carbocycles. The van der Waals surface area contributed by atoms with Crippen LogP contribution in [0.3, 0.4) is 0 Å². The van der Waals surface area contributed by atoms with E-state index in [2.05, 4.69) is 31.4 Å². The van der Waals surface area contributed by atoms with Gasteiger partial charge in [-0.25, -0.2) is 10.2 Å². The third kappa shape index (κ3) is 5.86. The molecule has 3 rings (SSSR count). The minimum atomic E-state index is -0.639. The molecule has 1 heterocycles. The number of pyridine rings is 1. The van der Waals surface area contributed by atoms with Crippen LogP contribution < -0.4 is 24.4 Å². The standard InChI is InChI=1S/C23H20BrN3O6/c1-30-19-9-15(10-20(31-2)21(19)32-3)23(29)33-18-7-5-4-6-14(18)12-26-27-22(28)16-8-17(24)13-25-11-16/h4-13H,1-3H3,(H,27,28)/b26-12+. The monoisotopic (exact) mass is 513 g/mol. The predicted octanol–water partition coefficient (Wildman–Crippen LogP) is 3.85. The van der Waals surface area contributed by atoms with Gasteiger partial charge in [0.15, 0.2) is 11.5 Å². The van der Waals surface area contributed by atoms with Crippen molar-refractivity contribution in [3.63, 3.8) is 0 Å². The van der Waals surface area contributed by atoms with Gasteiger partial charge in [-0.3, -0.25) is 9.78 Å². The SMILES string of the molecule is COc1cc(C(=O)Oc2ccccc2/C=N/NC(=O)c2cncc(Br)c2)cc(OC)c1OC. The second kappa shape index (κ2) is 11.1. The van der Waals surface area contributed by atoms with E-state index in [1.54, 1.807) is 36.5 Å². The van der Waals surface area contributed by atoms with Crippen LogP contribution in [0.25, 0.3) is 0 Å². The average molecular weight is 514 g/mol. The topological polar surface area (TPSA) is 108 Å². The summed E-state index contributed by atoms with van der Waals surface area (Å²) in [7, 11) is 4.38. The lowest BCUT2D eigenvalue weighted by Crippen LogP contribution is -2.18. The lowest BCUT2D eigenvalue weighted by Gasteiger charge is -2.14. The summed E-state index contributed by atoms with van der Waals surface area (Å²) in [6.07, 6.45) is 4.36. The number of hydrogen-bond acceptors (Lipinski definition) is 8. The number of benzene rings is 2. The van der Waals surface area contributed by atoms with E-state index in [-0.39, 0.29) is 11.3 Å². The molecule has 0 aliphatic rings. The molecule has 0 fully saturated rings. The first-order chi connectivity index (χ1) is 16.0. The normalized spacial score (nSPS) is 10.5. The van der Waals surface area contributed by atoms with Crippen LogP contribution in [0.15, 0.2) is 64.4 Å². The van der Waals surface area contributed by atoms with E-state index in [9.17, 15) is 9.59 Å². The maximum absolute atomic E-state index is 12.8. The van der Waals surface area contributed by atoms with E-state index < -0.39 is 11.9 Å². The second-order valence-electron chi connectivity index (χ2n) is 6.43. The molecule has 1 amide bonds. The van der Waals surface area contributed by atoms with E-state index in [0.29, 0.717) is 32.8 Å². The quantitative estimate of drug-likeness (QED) is 0.211. The molecule has 0 spiro atoms. The fraction of sp³-hybridized carbons (Fsp3) is 0.130. The summed E-state index contributed by atoms with van der Waals surface area (Å²) in [6.45, 7) is 0. The fourth-order valence-corrected chi connectivity index (χ4v) is 3.16. The van der Waals surface area contributed by atoms with E-state index in [1.165, 1.54) is 45.9 Å². The molecule has 1 N–H and O–H groups in total. The van der Waals surface area contributed by atoms with Crippen molar-refractivity contribution in [3.05, 3.63) is 76.0 Å². The van der Waals surface area contributed by atoms with Gasteiger partial charge in [0.2, 0.25) is 5.75 Å². The number of hydrogen-bond donors (Lipinski definition) is 1. The number of halogens is 1. The maximum atomic E-state index is 12.8. The van der Waals surface area contributed by atoms with Crippen LogP contribution in [0.4, 0.5) is 0 Å². The Bertz CT molecular complexity index is 1170. The van der Waals surface area contributed by atoms with E-state index >= 15 is 0 Å². The Labute approximate surface area is 198 Å². The number of rotatable bonds is 8. The van der Waals surface area contributed by atoms with Gasteiger partial charge in [-0.15, -0.1) is 0 Å². The van der Waals surface area contributed by atoms with Gasteiger partial charge in [0.25, 0.3) is 5.91 Å². The van der Waals surface area contributed by atoms with Gasteiger partial charge in [0.05, 0.1) is 38.7 Å².